The molecule has 0 spiro atoms. The van der Waals surface area contributed by atoms with Crippen molar-refractivity contribution in [3.8, 4) is 0 Å². The number of carboxylic acid groups (broad SMARTS) is 1. The van der Waals surface area contributed by atoms with Gasteiger partial charge in [0.25, 0.3) is 0 Å². The average molecular weight is 284 g/mol. The van der Waals surface area contributed by atoms with Gasteiger partial charge in [0.1, 0.15) is 0 Å². The first-order chi connectivity index (χ1) is 8.75. The Balaban J connectivity index is 4.11. The van der Waals surface area contributed by atoms with Gasteiger partial charge in [0.05, 0.1) is 0 Å². The molecule has 0 heterocycles. The molecule has 0 aliphatic heterocycles. The van der Waals surface area contributed by atoms with Gasteiger partial charge in [0.2, 0.25) is 0 Å². The predicted molar refractivity (Wildman–Crippen MR) is 64.7 cm³/mol. The lowest BCUT2D eigenvalue weighted by Gasteiger charge is -2.21. The molecule has 0 aromatic carbocycles. The summed E-state index contributed by atoms with van der Waals surface area (Å²) in [5.41, 5.74) is -4.19. The molecule has 1 unspecified atom stereocenters. The summed E-state index contributed by atoms with van der Waals surface area (Å²) in [5.74, 6) is -2.49. The maximum Gasteiger partial charge on any atom is 0.433 e. The Morgan fingerprint density at radius 2 is 1.63 bits per heavy atom. The molecule has 0 aliphatic carbocycles. The highest BCUT2D eigenvalue weighted by molar-refractivity contribution is 5.78. The number of hydrogen-bond acceptors (Lipinski definition) is 1. The number of alkyl halides is 4. The molecule has 0 saturated carbocycles. The fourth-order valence-corrected chi connectivity index (χ4v) is 1.55. The minimum absolute atomic E-state index is 0.539. The number of aliphatic carboxylic acids is 1. The molecule has 1 atom stereocenters. The van der Waals surface area contributed by atoms with Crippen LogP contribution in [0.2, 0.25) is 0 Å². The molecular formula is C13H20F4O2. The number of carboxylic acids is 1. The Kier molecular flexibility index (Phi) is 7.71. The van der Waals surface area contributed by atoms with Crippen molar-refractivity contribution in [3.05, 3.63) is 12.2 Å². The molecule has 112 valence electrons. The van der Waals surface area contributed by atoms with E-state index in [0.717, 1.165) is 38.2 Å². The molecule has 0 aromatic heterocycles. The van der Waals surface area contributed by atoms with Crippen LogP contribution in [0.25, 0.3) is 0 Å². The Morgan fingerprint density at radius 3 is 2.11 bits per heavy atom. The van der Waals surface area contributed by atoms with Crippen LogP contribution < -0.4 is 0 Å². The monoisotopic (exact) mass is 284 g/mol. The molecule has 0 bridgehead atoms. The van der Waals surface area contributed by atoms with Crippen molar-refractivity contribution in [3.63, 3.8) is 0 Å². The summed E-state index contributed by atoms with van der Waals surface area (Å²) in [6.45, 7) is 2.07. The van der Waals surface area contributed by atoms with E-state index < -0.39 is 24.2 Å². The highest BCUT2D eigenvalue weighted by Gasteiger charge is 2.61. The topological polar surface area (TPSA) is 37.3 Å². The first-order valence-electron chi connectivity index (χ1n) is 6.39. The largest absolute Gasteiger partial charge is 0.479 e. The van der Waals surface area contributed by atoms with Crippen molar-refractivity contribution < 1.29 is 27.5 Å². The lowest BCUT2D eigenvalue weighted by Crippen LogP contribution is -2.47. The fourth-order valence-electron chi connectivity index (χ4n) is 1.55. The van der Waals surface area contributed by atoms with E-state index in [-0.39, 0.29) is 0 Å². The van der Waals surface area contributed by atoms with Gasteiger partial charge in [-0.1, -0.05) is 44.8 Å². The SMILES string of the molecule is CCCCCCC/C=C/CC(F)(C(=O)O)C(F)(F)F. The molecule has 2 nitrogen and oxygen atoms in total. The van der Waals surface area contributed by atoms with E-state index in [4.69, 9.17) is 5.11 Å². The maximum atomic E-state index is 13.3. The Labute approximate surface area is 110 Å². The van der Waals surface area contributed by atoms with Gasteiger partial charge >= 0.3 is 17.8 Å². The van der Waals surface area contributed by atoms with Crippen LogP contribution in [-0.4, -0.2) is 22.9 Å². The first kappa shape index (κ1) is 17.9. The van der Waals surface area contributed by atoms with E-state index in [1.807, 2.05) is 0 Å². The molecular weight excluding hydrogens is 264 g/mol. The quantitative estimate of drug-likeness (QED) is 0.380. The number of allylic oxidation sites excluding steroid dienone is 2. The van der Waals surface area contributed by atoms with Gasteiger partial charge in [-0.2, -0.15) is 13.2 Å². The third-order valence-electron chi connectivity index (χ3n) is 2.83. The summed E-state index contributed by atoms with van der Waals surface area (Å²) >= 11 is 0. The van der Waals surface area contributed by atoms with Crippen LogP contribution in [0.1, 0.15) is 51.9 Å². The van der Waals surface area contributed by atoms with Crippen molar-refractivity contribution in [1.29, 1.82) is 0 Å². The smallest absolute Gasteiger partial charge is 0.433 e. The van der Waals surface area contributed by atoms with Crippen LogP contribution >= 0.6 is 0 Å². The van der Waals surface area contributed by atoms with Crippen molar-refractivity contribution in [2.24, 2.45) is 0 Å². The van der Waals surface area contributed by atoms with Gasteiger partial charge < -0.3 is 5.11 Å². The van der Waals surface area contributed by atoms with Gasteiger partial charge in [-0.3, -0.25) is 0 Å². The lowest BCUT2D eigenvalue weighted by molar-refractivity contribution is -0.235. The number of unbranched alkanes of at least 4 members (excludes halogenated alkanes) is 5. The van der Waals surface area contributed by atoms with Crippen LogP contribution in [0.4, 0.5) is 17.6 Å². The zero-order valence-corrected chi connectivity index (χ0v) is 11.0. The van der Waals surface area contributed by atoms with Gasteiger partial charge in [-0.25, -0.2) is 9.18 Å². The zero-order chi connectivity index (χ0) is 14.9. The van der Waals surface area contributed by atoms with Gasteiger partial charge in [-0.05, 0) is 12.8 Å². The minimum atomic E-state index is -5.40. The van der Waals surface area contributed by atoms with Crippen LogP contribution in [0.3, 0.4) is 0 Å². The molecule has 6 heteroatoms. The standard InChI is InChI=1S/C13H20F4O2/c1-2-3-4-5-6-7-8-9-10-12(14,11(18)19)13(15,16)17/h8-9H,2-7,10H2,1H3,(H,18,19)/b9-8+. The van der Waals surface area contributed by atoms with Crippen LogP contribution in [0, 0.1) is 0 Å². The Bertz CT molecular complexity index is 300. The summed E-state index contributed by atoms with van der Waals surface area (Å²) in [6, 6.07) is 0. The van der Waals surface area contributed by atoms with Crippen LogP contribution in [0.15, 0.2) is 12.2 Å². The predicted octanol–water partition coefficient (Wildman–Crippen LogP) is 4.65. The molecule has 0 rings (SSSR count). The number of rotatable bonds is 9. The van der Waals surface area contributed by atoms with Gasteiger partial charge in [0, 0.05) is 6.42 Å². The van der Waals surface area contributed by atoms with Crippen LogP contribution in [0.5, 0.6) is 0 Å². The molecule has 0 saturated heterocycles. The number of hydrogen-bond donors (Lipinski definition) is 1. The molecule has 0 aromatic rings. The van der Waals surface area contributed by atoms with Crippen LogP contribution in [-0.2, 0) is 4.79 Å². The summed E-state index contributed by atoms with van der Waals surface area (Å²) < 4.78 is 50.2. The Hall–Kier alpha value is -1.07. The van der Waals surface area contributed by atoms with Crippen molar-refractivity contribution in [2.75, 3.05) is 0 Å². The van der Waals surface area contributed by atoms with Gasteiger partial charge in [0.15, 0.2) is 0 Å². The summed E-state index contributed by atoms with van der Waals surface area (Å²) in [4.78, 5) is 10.4. The molecule has 1 N–H and O–H groups in total. The van der Waals surface area contributed by atoms with Crippen molar-refractivity contribution in [2.45, 2.75) is 63.7 Å². The highest BCUT2D eigenvalue weighted by atomic mass is 19.4. The first-order valence-corrected chi connectivity index (χ1v) is 6.39. The fraction of sp³-hybridized carbons (Fsp3) is 0.769. The molecule has 0 fully saturated rings. The number of carbonyl (C=O) groups is 1. The summed E-state index contributed by atoms with van der Waals surface area (Å²) in [5, 5.41) is 8.34. The highest BCUT2D eigenvalue weighted by Crippen LogP contribution is 2.37. The third kappa shape index (κ3) is 6.07. The van der Waals surface area contributed by atoms with Gasteiger partial charge in [-0.15, -0.1) is 0 Å². The Morgan fingerprint density at radius 1 is 1.05 bits per heavy atom. The van der Waals surface area contributed by atoms with Crippen molar-refractivity contribution >= 4 is 5.97 Å². The van der Waals surface area contributed by atoms with E-state index in [1.165, 1.54) is 6.08 Å². The maximum absolute atomic E-state index is 13.3. The van der Waals surface area contributed by atoms with E-state index in [0.29, 0.717) is 6.42 Å². The molecule has 0 radical (unpaired) electrons. The molecule has 19 heavy (non-hydrogen) atoms. The second kappa shape index (κ2) is 8.17. The second-order valence-electron chi connectivity index (χ2n) is 4.48. The minimum Gasteiger partial charge on any atom is -0.479 e. The van der Waals surface area contributed by atoms with Crippen molar-refractivity contribution in [1.82, 2.24) is 0 Å². The average Bonchev–Trinajstić information content (AvgIpc) is 2.30. The molecule has 0 amide bonds. The zero-order valence-electron chi connectivity index (χ0n) is 11.0. The molecule has 0 aliphatic rings. The summed E-state index contributed by atoms with van der Waals surface area (Å²) in [6.07, 6.45) is 1.40. The van der Waals surface area contributed by atoms with E-state index in [2.05, 4.69) is 6.92 Å². The number of halogens is 4. The van der Waals surface area contributed by atoms with E-state index >= 15 is 0 Å². The van der Waals surface area contributed by atoms with E-state index in [1.54, 1.807) is 0 Å². The second-order valence-corrected chi connectivity index (χ2v) is 4.48. The van der Waals surface area contributed by atoms with E-state index in [9.17, 15) is 22.4 Å². The summed E-state index contributed by atoms with van der Waals surface area (Å²) in [7, 11) is 0. The lowest BCUT2D eigenvalue weighted by atomic mass is 10.0. The third-order valence-corrected chi connectivity index (χ3v) is 2.83. The normalized spacial score (nSPS) is 15.6.